The van der Waals surface area contributed by atoms with Crippen molar-refractivity contribution in [1.29, 1.82) is 0 Å². The van der Waals surface area contributed by atoms with E-state index in [1.54, 1.807) is 6.08 Å². The van der Waals surface area contributed by atoms with Crippen LogP contribution in [0.5, 0.6) is 0 Å². The van der Waals surface area contributed by atoms with Gasteiger partial charge in [0.2, 0.25) is 0 Å². The summed E-state index contributed by atoms with van der Waals surface area (Å²) < 4.78 is 0. The maximum atomic E-state index is 12.8. The fourth-order valence-corrected chi connectivity index (χ4v) is 2.91. The Morgan fingerprint density at radius 1 is 1.00 bits per heavy atom. The molecule has 1 aliphatic carbocycles. The number of aliphatic hydroxyl groups excluding tert-OH is 1. The van der Waals surface area contributed by atoms with Crippen molar-refractivity contribution in [2.45, 2.75) is 19.4 Å². The van der Waals surface area contributed by atoms with E-state index >= 15 is 0 Å². The smallest absolute Gasteiger partial charge is 0.172 e. The molecule has 2 nitrogen and oxygen atoms in total. The third kappa shape index (κ3) is 2.43. The van der Waals surface area contributed by atoms with E-state index in [1.165, 1.54) is 0 Å². The average molecular weight is 278 g/mol. The van der Waals surface area contributed by atoms with Gasteiger partial charge in [0.25, 0.3) is 0 Å². The molecule has 0 bridgehead atoms. The summed E-state index contributed by atoms with van der Waals surface area (Å²) in [6, 6.07) is 19.4. The van der Waals surface area contributed by atoms with Crippen LogP contribution in [0.1, 0.15) is 18.1 Å². The third-order valence-corrected chi connectivity index (χ3v) is 4.24. The number of rotatable bonds is 3. The monoisotopic (exact) mass is 278 g/mol. The van der Waals surface area contributed by atoms with E-state index in [0.717, 1.165) is 11.1 Å². The summed E-state index contributed by atoms with van der Waals surface area (Å²) in [7, 11) is 0. The van der Waals surface area contributed by atoms with Crippen LogP contribution in [0.4, 0.5) is 0 Å². The van der Waals surface area contributed by atoms with Crippen molar-refractivity contribution < 1.29 is 9.90 Å². The Labute approximate surface area is 124 Å². The van der Waals surface area contributed by atoms with Gasteiger partial charge in [-0.25, -0.2) is 0 Å². The SMILES string of the molecule is C[C@@]1(Cc2ccccc2)C(=O)C(c2ccccc2)=C[C@@H]1O. The van der Waals surface area contributed by atoms with Gasteiger partial charge in [-0.3, -0.25) is 4.79 Å². The molecule has 0 amide bonds. The molecule has 1 aliphatic rings. The van der Waals surface area contributed by atoms with Gasteiger partial charge in [0.1, 0.15) is 0 Å². The van der Waals surface area contributed by atoms with E-state index in [-0.39, 0.29) is 5.78 Å². The molecule has 0 saturated heterocycles. The van der Waals surface area contributed by atoms with Gasteiger partial charge in [0.05, 0.1) is 11.5 Å². The number of carbonyl (C=O) groups is 1. The van der Waals surface area contributed by atoms with E-state index in [2.05, 4.69) is 0 Å². The lowest BCUT2D eigenvalue weighted by atomic mass is 9.77. The minimum absolute atomic E-state index is 0.0186. The van der Waals surface area contributed by atoms with E-state index in [0.29, 0.717) is 12.0 Å². The molecule has 1 N–H and O–H groups in total. The van der Waals surface area contributed by atoms with E-state index in [9.17, 15) is 9.90 Å². The van der Waals surface area contributed by atoms with Gasteiger partial charge in [-0.05, 0) is 30.5 Å². The Morgan fingerprint density at radius 2 is 1.57 bits per heavy atom. The van der Waals surface area contributed by atoms with Crippen LogP contribution >= 0.6 is 0 Å². The Morgan fingerprint density at radius 3 is 2.19 bits per heavy atom. The predicted octanol–water partition coefficient (Wildman–Crippen LogP) is 3.26. The summed E-state index contributed by atoms with van der Waals surface area (Å²) in [6.45, 7) is 1.85. The summed E-state index contributed by atoms with van der Waals surface area (Å²) in [4.78, 5) is 12.8. The normalized spacial score (nSPS) is 25.0. The van der Waals surface area contributed by atoms with Crippen molar-refractivity contribution in [1.82, 2.24) is 0 Å². The Balaban J connectivity index is 1.91. The number of ketones is 1. The number of aliphatic hydroxyl groups is 1. The quantitative estimate of drug-likeness (QED) is 0.935. The Bertz CT molecular complexity index is 673. The number of hydrogen-bond acceptors (Lipinski definition) is 2. The minimum Gasteiger partial charge on any atom is -0.388 e. The molecule has 0 heterocycles. The lowest BCUT2D eigenvalue weighted by Gasteiger charge is -2.27. The van der Waals surface area contributed by atoms with Crippen molar-refractivity contribution >= 4 is 11.4 Å². The minimum atomic E-state index is -0.785. The maximum Gasteiger partial charge on any atom is 0.172 e. The fraction of sp³-hybridized carbons (Fsp3) is 0.211. The largest absolute Gasteiger partial charge is 0.388 e. The van der Waals surface area contributed by atoms with Gasteiger partial charge >= 0.3 is 0 Å². The standard InChI is InChI=1S/C19H18O2/c1-19(13-14-8-4-2-5-9-14)17(20)12-16(18(19)21)15-10-6-3-7-11-15/h2-12,17,20H,13H2,1H3/t17-,19-/m0/s1. The van der Waals surface area contributed by atoms with E-state index in [4.69, 9.17) is 0 Å². The number of allylic oxidation sites excluding steroid dienone is 1. The van der Waals surface area contributed by atoms with Crippen LogP contribution in [-0.2, 0) is 11.2 Å². The first-order chi connectivity index (χ1) is 10.1. The van der Waals surface area contributed by atoms with Crippen LogP contribution in [0.2, 0.25) is 0 Å². The van der Waals surface area contributed by atoms with Gasteiger partial charge < -0.3 is 5.11 Å². The topological polar surface area (TPSA) is 37.3 Å². The van der Waals surface area contributed by atoms with Crippen molar-refractivity contribution in [3.8, 4) is 0 Å². The fourth-order valence-electron chi connectivity index (χ4n) is 2.91. The van der Waals surface area contributed by atoms with Crippen molar-refractivity contribution in [2.24, 2.45) is 5.41 Å². The number of hydrogen-bond donors (Lipinski definition) is 1. The van der Waals surface area contributed by atoms with E-state index < -0.39 is 11.5 Å². The van der Waals surface area contributed by atoms with Gasteiger partial charge in [0.15, 0.2) is 5.78 Å². The van der Waals surface area contributed by atoms with Crippen LogP contribution in [0, 0.1) is 5.41 Å². The highest BCUT2D eigenvalue weighted by Gasteiger charge is 2.46. The van der Waals surface area contributed by atoms with Crippen LogP contribution in [0.25, 0.3) is 5.57 Å². The van der Waals surface area contributed by atoms with Gasteiger partial charge in [-0.1, -0.05) is 60.7 Å². The second-order valence-corrected chi connectivity index (χ2v) is 5.80. The van der Waals surface area contributed by atoms with Crippen LogP contribution < -0.4 is 0 Å². The zero-order valence-electron chi connectivity index (χ0n) is 12.0. The second kappa shape index (κ2) is 5.30. The predicted molar refractivity (Wildman–Crippen MR) is 83.7 cm³/mol. The molecule has 2 aromatic carbocycles. The Kier molecular flexibility index (Phi) is 3.48. The third-order valence-electron chi connectivity index (χ3n) is 4.24. The van der Waals surface area contributed by atoms with Gasteiger partial charge in [-0.2, -0.15) is 0 Å². The second-order valence-electron chi connectivity index (χ2n) is 5.80. The van der Waals surface area contributed by atoms with Gasteiger partial charge in [-0.15, -0.1) is 0 Å². The highest BCUT2D eigenvalue weighted by molar-refractivity contribution is 6.26. The van der Waals surface area contributed by atoms with Crippen LogP contribution in [0.3, 0.4) is 0 Å². The van der Waals surface area contributed by atoms with Crippen LogP contribution in [0.15, 0.2) is 66.7 Å². The van der Waals surface area contributed by atoms with E-state index in [1.807, 2.05) is 67.6 Å². The van der Waals surface area contributed by atoms with Crippen molar-refractivity contribution in [2.75, 3.05) is 0 Å². The van der Waals surface area contributed by atoms with Crippen LogP contribution in [-0.4, -0.2) is 17.0 Å². The summed E-state index contributed by atoms with van der Waals surface area (Å²) in [5, 5.41) is 10.4. The molecular formula is C19H18O2. The molecule has 2 aromatic rings. The molecule has 2 heteroatoms. The molecule has 2 atom stereocenters. The zero-order chi connectivity index (χ0) is 14.9. The Hall–Kier alpha value is -2.19. The maximum absolute atomic E-state index is 12.8. The summed E-state index contributed by atoms with van der Waals surface area (Å²) in [5.74, 6) is 0.0186. The molecule has 106 valence electrons. The molecule has 0 saturated carbocycles. The van der Waals surface area contributed by atoms with Gasteiger partial charge in [0, 0.05) is 5.57 Å². The molecule has 3 rings (SSSR count). The number of carbonyl (C=O) groups excluding carboxylic acids is 1. The molecular weight excluding hydrogens is 260 g/mol. The highest BCUT2D eigenvalue weighted by atomic mass is 16.3. The first kappa shape index (κ1) is 13.8. The highest BCUT2D eigenvalue weighted by Crippen LogP contribution is 2.40. The summed E-state index contributed by atoms with van der Waals surface area (Å²) >= 11 is 0. The lowest BCUT2D eigenvalue weighted by Crippen LogP contribution is -2.36. The number of Topliss-reactive ketones (excluding diaryl/α,β-unsaturated/α-hetero) is 1. The summed E-state index contributed by atoms with van der Waals surface area (Å²) in [6.07, 6.45) is 1.49. The first-order valence-corrected chi connectivity index (χ1v) is 7.15. The lowest BCUT2D eigenvalue weighted by molar-refractivity contribution is -0.124. The zero-order valence-corrected chi connectivity index (χ0v) is 12.0. The average Bonchev–Trinajstić information content (AvgIpc) is 2.73. The molecule has 0 radical (unpaired) electrons. The summed E-state index contributed by atoms with van der Waals surface area (Å²) in [5.41, 5.74) is 1.78. The van der Waals surface area contributed by atoms with Crippen molar-refractivity contribution in [3.63, 3.8) is 0 Å². The molecule has 21 heavy (non-hydrogen) atoms. The first-order valence-electron chi connectivity index (χ1n) is 7.15. The molecule has 0 fully saturated rings. The molecule has 0 aromatic heterocycles. The molecule has 0 spiro atoms. The molecule has 0 aliphatic heterocycles. The number of benzene rings is 2. The van der Waals surface area contributed by atoms with Crippen molar-refractivity contribution in [3.05, 3.63) is 77.9 Å². The molecule has 0 unspecified atom stereocenters.